The number of amides is 1. The fourth-order valence-electron chi connectivity index (χ4n) is 2.28. The number of aromatic amines is 1. The van der Waals surface area contributed by atoms with E-state index in [9.17, 15) is 4.79 Å². The molecule has 1 aliphatic carbocycles. The third-order valence-corrected chi connectivity index (χ3v) is 4.25. The van der Waals surface area contributed by atoms with E-state index >= 15 is 0 Å². The molecule has 1 saturated heterocycles. The second-order valence-electron chi connectivity index (χ2n) is 5.01. The van der Waals surface area contributed by atoms with Gasteiger partial charge in [-0.3, -0.25) is 9.89 Å². The molecule has 3 rings (SSSR count). The summed E-state index contributed by atoms with van der Waals surface area (Å²) in [5, 5.41) is 7.16. The molecular weight excluding hydrogens is 298 g/mol. The molecule has 2 fully saturated rings. The van der Waals surface area contributed by atoms with Gasteiger partial charge in [0.1, 0.15) is 0 Å². The lowest BCUT2D eigenvalue weighted by Gasteiger charge is -2.30. The van der Waals surface area contributed by atoms with Gasteiger partial charge in [-0.1, -0.05) is 0 Å². The van der Waals surface area contributed by atoms with Crippen molar-refractivity contribution in [3.8, 4) is 0 Å². The first-order chi connectivity index (χ1) is 8.66. The number of carbonyl (C=O) groups excluding carboxylic acids is 1. The fraction of sp³-hybridized carbons (Fsp3) is 0.667. The monoisotopic (exact) mass is 313 g/mol. The quantitative estimate of drug-likeness (QED) is 0.907. The van der Waals surface area contributed by atoms with Gasteiger partial charge < -0.3 is 9.64 Å². The SMILES string of the molecule is CC1CN(C(=O)c2n[nH]c(C3CC3)c2Br)CCO1. The Labute approximate surface area is 114 Å². The van der Waals surface area contributed by atoms with Gasteiger partial charge in [-0.15, -0.1) is 0 Å². The summed E-state index contributed by atoms with van der Waals surface area (Å²) in [6, 6.07) is 0. The Balaban J connectivity index is 1.79. The third-order valence-electron chi connectivity index (χ3n) is 3.45. The number of nitrogens with zero attached hydrogens (tertiary/aromatic N) is 2. The fourth-order valence-corrected chi connectivity index (χ4v) is 2.95. The number of hydrogen-bond donors (Lipinski definition) is 1. The van der Waals surface area contributed by atoms with Crippen molar-refractivity contribution in [2.75, 3.05) is 19.7 Å². The Morgan fingerprint density at radius 2 is 2.33 bits per heavy atom. The molecule has 5 nitrogen and oxygen atoms in total. The smallest absolute Gasteiger partial charge is 0.275 e. The lowest BCUT2D eigenvalue weighted by Crippen LogP contribution is -2.44. The maximum absolute atomic E-state index is 12.4. The molecule has 0 aromatic carbocycles. The van der Waals surface area contributed by atoms with Crippen LogP contribution in [0.25, 0.3) is 0 Å². The summed E-state index contributed by atoms with van der Waals surface area (Å²) in [4.78, 5) is 14.2. The van der Waals surface area contributed by atoms with Crippen LogP contribution in [0.2, 0.25) is 0 Å². The Hall–Kier alpha value is -0.880. The van der Waals surface area contributed by atoms with Gasteiger partial charge in [0.25, 0.3) is 5.91 Å². The van der Waals surface area contributed by atoms with Crippen molar-refractivity contribution < 1.29 is 9.53 Å². The minimum absolute atomic E-state index is 0.0137. The number of hydrogen-bond acceptors (Lipinski definition) is 3. The molecule has 0 bridgehead atoms. The number of H-pyrrole nitrogens is 1. The number of rotatable bonds is 2. The maximum Gasteiger partial charge on any atom is 0.275 e. The molecule has 1 amide bonds. The summed E-state index contributed by atoms with van der Waals surface area (Å²) < 4.78 is 6.29. The van der Waals surface area contributed by atoms with Crippen LogP contribution in [0.1, 0.15) is 41.9 Å². The Morgan fingerprint density at radius 1 is 1.56 bits per heavy atom. The zero-order valence-electron chi connectivity index (χ0n) is 10.3. The predicted molar refractivity (Wildman–Crippen MR) is 69.6 cm³/mol. The number of halogens is 1. The second kappa shape index (κ2) is 4.66. The van der Waals surface area contributed by atoms with E-state index in [0.29, 0.717) is 31.3 Å². The van der Waals surface area contributed by atoms with Gasteiger partial charge in [-0.05, 0) is 35.7 Å². The number of nitrogens with one attached hydrogen (secondary N) is 1. The van der Waals surface area contributed by atoms with Crippen LogP contribution in [-0.2, 0) is 4.74 Å². The molecule has 1 aromatic heterocycles. The van der Waals surface area contributed by atoms with E-state index < -0.39 is 0 Å². The first-order valence-electron chi connectivity index (χ1n) is 6.31. The molecule has 1 atom stereocenters. The normalized spacial score (nSPS) is 24.3. The summed E-state index contributed by atoms with van der Waals surface area (Å²) >= 11 is 3.50. The summed E-state index contributed by atoms with van der Waals surface area (Å²) in [6.07, 6.45) is 2.47. The van der Waals surface area contributed by atoms with Crippen molar-refractivity contribution in [1.82, 2.24) is 15.1 Å². The van der Waals surface area contributed by atoms with E-state index in [2.05, 4.69) is 26.1 Å². The lowest BCUT2D eigenvalue weighted by atomic mass is 10.2. The van der Waals surface area contributed by atoms with Crippen LogP contribution >= 0.6 is 15.9 Å². The predicted octanol–water partition coefficient (Wildman–Crippen LogP) is 1.91. The third kappa shape index (κ3) is 2.19. The van der Waals surface area contributed by atoms with Crippen molar-refractivity contribution in [2.45, 2.75) is 31.8 Å². The summed E-state index contributed by atoms with van der Waals surface area (Å²) in [5.41, 5.74) is 1.57. The van der Waals surface area contributed by atoms with Crippen LogP contribution in [0.5, 0.6) is 0 Å². The van der Waals surface area contributed by atoms with Crippen LogP contribution in [0.4, 0.5) is 0 Å². The van der Waals surface area contributed by atoms with E-state index in [-0.39, 0.29) is 12.0 Å². The Morgan fingerprint density at radius 3 is 3.00 bits per heavy atom. The highest BCUT2D eigenvalue weighted by atomic mass is 79.9. The van der Waals surface area contributed by atoms with Crippen molar-refractivity contribution in [1.29, 1.82) is 0 Å². The first-order valence-corrected chi connectivity index (χ1v) is 7.10. The summed E-state index contributed by atoms with van der Waals surface area (Å²) in [7, 11) is 0. The van der Waals surface area contributed by atoms with Gasteiger partial charge in [-0.25, -0.2) is 0 Å². The lowest BCUT2D eigenvalue weighted by molar-refractivity contribution is -0.0126. The van der Waals surface area contributed by atoms with Crippen LogP contribution in [-0.4, -0.2) is 46.8 Å². The summed E-state index contributed by atoms with van der Waals surface area (Å²) in [6.45, 7) is 3.86. The van der Waals surface area contributed by atoms with Gasteiger partial charge in [0.05, 0.1) is 22.9 Å². The zero-order chi connectivity index (χ0) is 12.7. The molecule has 98 valence electrons. The van der Waals surface area contributed by atoms with Crippen molar-refractivity contribution in [2.24, 2.45) is 0 Å². The molecule has 1 aliphatic heterocycles. The van der Waals surface area contributed by atoms with E-state index in [4.69, 9.17) is 4.74 Å². The van der Waals surface area contributed by atoms with Gasteiger partial charge in [-0.2, -0.15) is 5.10 Å². The Kier molecular flexibility index (Phi) is 3.15. The highest BCUT2D eigenvalue weighted by Gasteiger charge is 2.32. The van der Waals surface area contributed by atoms with Crippen molar-refractivity contribution in [3.63, 3.8) is 0 Å². The maximum atomic E-state index is 12.4. The molecule has 1 aromatic rings. The van der Waals surface area contributed by atoms with Gasteiger partial charge in [0.2, 0.25) is 0 Å². The van der Waals surface area contributed by atoms with Crippen LogP contribution < -0.4 is 0 Å². The molecule has 2 heterocycles. The van der Waals surface area contributed by atoms with Crippen LogP contribution in [0, 0.1) is 0 Å². The molecule has 2 aliphatic rings. The molecule has 1 N–H and O–H groups in total. The molecule has 1 unspecified atom stereocenters. The molecule has 18 heavy (non-hydrogen) atoms. The molecule has 6 heteroatoms. The molecule has 1 saturated carbocycles. The highest BCUT2D eigenvalue weighted by molar-refractivity contribution is 9.10. The largest absolute Gasteiger partial charge is 0.375 e. The van der Waals surface area contributed by atoms with Crippen LogP contribution in [0.15, 0.2) is 4.47 Å². The standard InChI is InChI=1S/C12H16BrN3O2/c1-7-6-16(4-5-18-7)12(17)11-9(13)10(14-15-11)8-2-3-8/h7-8H,2-6H2,1H3,(H,14,15). The van der Waals surface area contributed by atoms with E-state index in [1.165, 1.54) is 12.8 Å². The van der Waals surface area contributed by atoms with E-state index in [1.807, 2.05) is 11.8 Å². The minimum Gasteiger partial charge on any atom is -0.375 e. The van der Waals surface area contributed by atoms with Crippen molar-refractivity contribution in [3.05, 3.63) is 15.9 Å². The van der Waals surface area contributed by atoms with Gasteiger partial charge in [0, 0.05) is 19.0 Å². The molecule has 0 spiro atoms. The topological polar surface area (TPSA) is 58.2 Å². The Bertz CT molecular complexity index is 470. The van der Waals surface area contributed by atoms with E-state index in [1.54, 1.807) is 0 Å². The van der Waals surface area contributed by atoms with Crippen LogP contribution in [0.3, 0.4) is 0 Å². The first kappa shape index (κ1) is 12.2. The molecular formula is C12H16BrN3O2. The number of ether oxygens (including phenoxy) is 1. The van der Waals surface area contributed by atoms with Gasteiger partial charge >= 0.3 is 0 Å². The molecule has 0 radical (unpaired) electrons. The zero-order valence-corrected chi connectivity index (χ0v) is 11.9. The average molecular weight is 314 g/mol. The number of aromatic nitrogens is 2. The van der Waals surface area contributed by atoms with Gasteiger partial charge in [0.15, 0.2) is 5.69 Å². The highest BCUT2D eigenvalue weighted by Crippen LogP contribution is 2.43. The van der Waals surface area contributed by atoms with Crippen molar-refractivity contribution >= 4 is 21.8 Å². The minimum atomic E-state index is -0.0137. The number of carbonyl (C=O) groups is 1. The van der Waals surface area contributed by atoms with E-state index in [0.717, 1.165) is 10.2 Å². The summed E-state index contributed by atoms with van der Waals surface area (Å²) in [5.74, 6) is 0.539. The average Bonchev–Trinajstić information content (AvgIpc) is 3.12. The second-order valence-corrected chi connectivity index (χ2v) is 5.80. The number of morpholine rings is 1.